The zero-order valence-electron chi connectivity index (χ0n) is 10.9. The van der Waals surface area contributed by atoms with Crippen LogP contribution in [0.1, 0.15) is 18.7 Å². The van der Waals surface area contributed by atoms with Gasteiger partial charge in [0, 0.05) is 18.5 Å². The summed E-state index contributed by atoms with van der Waals surface area (Å²) in [7, 11) is 0. The fourth-order valence-electron chi connectivity index (χ4n) is 2.90. The first-order valence-electron chi connectivity index (χ1n) is 6.62. The Morgan fingerprint density at radius 3 is 2.62 bits per heavy atom. The molecule has 2 aromatic rings. The molecule has 1 aliphatic carbocycles. The molecule has 1 unspecified atom stereocenters. The number of rotatable bonds is 1. The Labute approximate surface area is 117 Å². The van der Waals surface area contributed by atoms with Crippen molar-refractivity contribution < 1.29 is 18.3 Å². The molecule has 2 aliphatic rings. The maximum atomic E-state index is 12.8. The van der Waals surface area contributed by atoms with Gasteiger partial charge < -0.3 is 10.0 Å². The topological polar surface area (TPSA) is 66.5 Å². The van der Waals surface area contributed by atoms with Gasteiger partial charge in [-0.15, -0.1) is 15.3 Å². The number of aliphatic hydroxyl groups excluding tert-OH is 1. The lowest BCUT2D eigenvalue weighted by molar-refractivity contribution is -0.146. The predicted octanol–water partition coefficient (Wildman–Crippen LogP) is 1.10. The largest absolute Gasteiger partial charge is 0.453 e. The van der Waals surface area contributed by atoms with E-state index in [-0.39, 0.29) is 11.1 Å². The Kier molecular flexibility index (Phi) is 2.35. The Hall–Kier alpha value is -1.90. The summed E-state index contributed by atoms with van der Waals surface area (Å²) in [4.78, 5) is 1.82. The van der Waals surface area contributed by atoms with E-state index in [0.29, 0.717) is 23.4 Å². The zero-order chi connectivity index (χ0) is 14.8. The summed E-state index contributed by atoms with van der Waals surface area (Å²) in [6.45, 7) is 1.01. The molecule has 1 N–H and O–H groups in total. The first kappa shape index (κ1) is 12.8. The molecule has 2 aromatic heterocycles. The maximum absolute atomic E-state index is 12.8. The highest BCUT2D eigenvalue weighted by Crippen LogP contribution is 2.53. The molecule has 0 amide bonds. The SMILES string of the molecule is OC1CN(c2ccc3nnc(C(F)(F)F)n3n2)CC12CC2. The average molecular weight is 299 g/mol. The van der Waals surface area contributed by atoms with E-state index in [9.17, 15) is 18.3 Å². The van der Waals surface area contributed by atoms with Crippen LogP contribution in [0, 0.1) is 5.41 Å². The number of hydrogen-bond donors (Lipinski definition) is 1. The van der Waals surface area contributed by atoms with Gasteiger partial charge in [0.05, 0.1) is 6.10 Å². The number of nitrogens with zero attached hydrogens (tertiary/aromatic N) is 5. The first-order valence-corrected chi connectivity index (χ1v) is 6.62. The molecule has 0 radical (unpaired) electrons. The number of hydrogen-bond acceptors (Lipinski definition) is 5. The lowest BCUT2D eigenvalue weighted by Gasteiger charge is -2.16. The Morgan fingerprint density at radius 1 is 1.24 bits per heavy atom. The lowest BCUT2D eigenvalue weighted by Crippen LogP contribution is -2.23. The van der Waals surface area contributed by atoms with Crippen LogP contribution >= 0.6 is 0 Å². The number of fused-ring (bicyclic) bond motifs is 1. The average Bonchev–Trinajstić information content (AvgIpc) is 2.93. The molecule has 1 spiro atoms. The Bertz CT molecular complexity index is 708. The van der Waals surface area contributed by atoms with Gasteiger partial charge in [-0.2, -0.15) is 17.7 Å². The van der Waals surface area contributed by atoms with Crippen LogP contribution in [0.3, 0.4) is 0 Å². The fourth-order valence-corrected chi connectivity index (χ4v) is 2.90. The summed E-state index contributed by atoms with van der Waals surface area (Å²) in [5.41, 5.74) is -0.0385. The van der Waals surface area contributed by atoms with E-state index in [1.54, 1.807) is 6.07 Å². The molecule has 3 heterocycles. The minimum atomic E-state index is -4.60. The molecular formula is C12H12F3N5O. The predicted molar refractivity (Wildman–Crippen MR) is 65.7 cm³/mol. The third-order valence-electron chi connectivity index (χ3n) is 4.32. The smallest absolute Gasteiger partial charge is 0.391 e. The van der Waals surface area contributed by atoms with E-state index in [2.05, 4.69) is 15.3 Å². The van der Waals surface area contributed by atoms with E-state index in [4.69, 9.17) is 0 Å². The molecule has 6 nitrogen and oxygen atoms in total. The van der Waals surface area contributed by atoms with Crippen molar-refractivity contribution in [3.05, 3.63) is 18.0 Å². The molecule has 2 fully saturated rings. The van der Waals surface area contributed by atoms with Gasteiger partial charge in [-0.25, -0.2) is 0 Å². The van der Waals surface area contributed by atoms with Crippen molar-refractivity contribution in [3.8, 4) is 0 Å². The highest BCUT2D eigenvalue weighted by molar-refractivity contribution is 5.48. The normalized spacial score (nSPS) is 24.2. The van der Waals surface area contributed by atoms with Crippen LogP contribution in [0.25, 0.3) is 5.65 Å². The minimum Gasteiger partial charge on any atom is -0.391 e. The molecule has 21 heavy (non-hydrogen) atoms. The molecule has 1 atom stereocenters. The fraction of sp³-hybridized carbons (Fsp3) is 0.583. The van der Waals surface area contributed by atoms with Crippen LogP contribution in [0.5, 0.6) is 0 Å². The van der Waals surface area contributed by atoms with E-state index in [1.807, 2.05) is 4.90 Å². The number of aromatic nitrogens is 4. The molecule has 1 saturated carbocycles. The van der Waals surface area contributed by atoms with Gasteiger partial charge in [-0.05, 0) is 25.0 Å². The third kappa shape index (κ3) is 1.87. The van der Waals surface area contributed by atoms with Gasteiger partial charge in [0.15, 0.2) is 5.65 Å². The Balaban J connectivity index is 1.74. The van der Waals surface area contributed by atoms with Gasteiger partial charge >= 0.3 is 6.18 Å². The quantitative estimate of drug-likeness (QED) is 0.854. The van der Waals surface area contributed by atoms with E-state index < -0.39 is 18.1 Å². The summed E-state index contributed by atoms with van der Waals surface area (Å²) in [6, 6.07) is 3.06. The van der Waals surface area contributed by atoms with Gasteiger partial charge in [-0.3, -0.25) is 0 Å². The monoisotopic (exact) mass is 299 g/mol. The van der Waals surface area contributed by atoms with Crippen molar-refractivity contribution >= 4 is 11.5 Å². The number of aliphatic hydroxyl groups is 1. The van der Waals surface area contributed by atoms with Crippen molar-refractivity contribution in [3.63, 3.8) is 0 Å². The third-order valence-corrected chi connectivity index (χ3v) is 4.32. The Morgan fingerprint density at radius 2 is 2.00 bits per heavy atom. The van der Waals surface area contributed by atoms with Crippen molar-refractivity contribution in [2.45, 2.75) is 25.1 Å². The molecule has 1 aliphatic heterocycles. The lowest BCUT2D eigenvalue weighted by atomic mass is 10.0. The van der Waals surface area contributed by atoms with Gasteiger partial charge in [0.1, 0.15) is 5.82 Å². The van der Waals surface area contributed by atoms with E-state index in [0.717, 1.165) is 12.8 Å². The maximum Gasteiger partial charge on any atom is 0.453 e. The van der Waals surface area contributed by atoms with E-state index in [1.165, 1.54) is 6.07 Å². The van der Waals surface area contributed by atoms with Gasteiger partial charge in [-0.1, -0.05) is 0 Å². The zero-order valence-corrected chi connectivity index (χ0v) is 10.9. The minimum absolute atomic E-state index is 0.0481. The molecule has 0 bridgehead atoms. The van der Waals surface area contributed by atoms with Crippen molar-refractivity contribution in [1.82, 2.24) is 19.8 Å². The molecule has 112 valence electrons. The van der Waals surface area contributed by atoms with Crippen LogP contribution in [0.15, 0.2) is 12.1 Å². The summed E-state index contributed by atoms with van der Waals surface area (Å²) < 4.78 is 39.2. The van der Waals surface area contributed by atoms with Crippen LogP contribution in [-0.2, 0) is 6.18 Å². The van der Waals surface area contributed by atoms with Crippen molar-refractivity contribution in [1.29, 1.82) is 0 Å². The molecule has 0 aromatic carbocycles. The van der Waals surface area contributed by atoms with Gasteiger partial charge in [0.25, 0.3) is 5.82 Å². The second-order valence-electron chi connectivity index (χ2n) is 5.74. The number of β-amino-alcohol motifs (C(OH)–C–C–N with tert-alkyl or cyclic N) is 1. The van der Waals surface area contributed by atoms with E-state index >= 15 is 0 Å². The van der Waals surface area contributed by atoms with Crippen LogP contribution in [0.4, 0.5) is 19.0 Å². The second kappa shape index (κ2) is 3.85. The van der Waals surface area contributed by atoms with Crippen LogP contribution < -0.4 is 4.90 Å². The summed E-state index contributed by atoms with van der Waals surface area (Å²) in [6.07, 6.45) is -3.15. The molecule has 9 heteroatoms. The molecule has 1 saturated heterocycles. The molecule has 4 rings (SSSR count). The second-order valence-corrected chi connectivity index (χ2v) is 5.74. The number of halogens is 3. The number of anilines is 1. The first-order chi connectivity index (χ1) is 9.89. The van der Waals surface area contributed by atoms with Crippen LogP contribution in [-0.4, -0.2) is 44.1 Å². The number of alkyl halides is 3. The van der Waals surface area contributed by atoms with Crippen molar-refractivity contribution in [2.24, 2.45) is 5.41 Å². The summed E-state index contributed by atoms with van der Waals surface area (Å²) >= 11 is 0. The highest BCUT2D eigenvalue weighted by atomic mass is 19.4. The highest BCUT2D eigenvalue weighted by Gasteiger charge is 2.54. The standard InChI is InChI=1S/C12H12F3N5O/c13-12(14,15)10-17-16-8-1-2-9(18-20(8)10)19-5-7(21)11(6-19)3-4-11/h1-2,7,21H,3-6H2. The van der Waals surface area contributed by atoms with Crippen LogP contribution in [0.2, 0.25) is 0 Å². The summed E-state index contributed by atoms with van der Waals surface area (Å²) in [5.74, 6) is -0.740. The molecular weight excluding hydrogens is 287 g/mol. The van der Waals surface area contributed by atoms with Crippen molar-refractivity contribution in [2.75, 3.05) is 18.0 Å². The summed E-state index contributed by atoms with van der Waals surface area (Å²) in [5, 5.41) is 20.6. The van der Waals surface area contributed by atoms with Gasteiger partial charge in [0.2, 0.25) is 0 Å².